The normalized spacial score (nSPS) is 15.8. The molecule has 0 radical (unpaired) electrons. The van der Waals surface area contributed by atoms with E-state index < -0.39 is 29.9 Å². The maximum Gasteiger partial charge on any atom is 0.267 e. The lowest BCUT2D eigenvalue weighted by molar-refractivity contribution is 0.0833. The number of ether oxygens (including phenoxy) is 2. The molecule has 5 N–H and O–H groups in total. The summed E-state index contributed by atoms with van der Waals surface area (Å²) in [6.45, 7) is 16.0. The van der Waals surface area contributed by atoms with Gasteiger partial charge in [-0.1, -0.05) is 13.8 Å². The van der Waals surface area contributed by atoms with Gasteiger partial charge in [0.2, 0.25) is 0 Å². The van der Waals surface area contributed by atoms with Crippen molar-refractivity contribution in [2.45, 2.75) is 79.2 Å². The zero-order valence-electron chi connectivity index (χ0n) is 21.2. The second-order valence-electron chi connectivity index (χ2n) is 8.76. The fourth-order valence-corrected chi connectivity index (χ4v) is 4.19. The third-order valence-electron chi connectivity index (χ3n) is 2.94. The molecule has 0 rings (SSSR count). The highest BCUT2D eigenvalue weighted by molar-refractivity contribution is 7.95. The van der Waals surface area contributed by atoms with Crippen molar-refractivity contribution in [2.24, 2.45) is 0 Å². The van der Waals surface area contributed by atoms with Crippen LogP contribution in [0.4, 0.5) is 0 Å². The van der Waals surface area contributed by atoms with Gasteiger partial charge in [0.1, 0.15) is 9.99 Å². The molecule has 0 aliphatic carbocycles. The van der Waals surface area contributed by atoms with E-state index in [-0.39, 0.29) is 35.9 Å². The first kappa shape index (κ1) is 37.3. The second kappa shape index (κ2) is 17.2. The molecule has 0 fully saturated rings. The molecule has 0 saturated heterocycles. The Morgan fingerprint density at radius 2 is 1.27 bits per heavy atom. The van der Waals surface area contributed by atoms with Gasteiger partial charge in [-0.15, -0.1) is 0 Å². The summed E-state index contributed by atoms with van der Waals surface area (Å²) in [5.74, 6) is 6.06. The Hall–Kier alpha value is -0.290. The summed E-state index contributed by atoms with van der Waals surface area (Å²) in [5.41, 5.74) is -0.332. The topological polar surface area (TPSA) is 171 Å². The fraction of sp³-hybridized carbons (Fsp3) is 0.895. The first-order valence-corrected chi connectivity index (χ1v) is 15.5. The van der Waals surface area contributed by atoms with E-state index in [0.29, 0.717) is 19.2 Å². The standard InChI is InChI=1S/C8H19NO2S.C6H15NO3S.C5H12O4S/c1-7(2)9-8(3,4)6-12(5,10)11;1-6(2)10-5-4-7-11(3,8)9;1-5(2)9-3-4-10(6,7)8/h7,9H,5-6H2,1-4H3,(H,10,11);6H,3-5H2,1-2H3,(H2,7,8,9);5H,3-4H2,1-2H3,(H,6,7,8). The van der Waals surface area contributed by atoms with Crippen molar-refractivity contribution in [1.82, 2.24) is 10.0 Å². The Labute approximate surface area is 202 Å². The maximum atomic E-state index is 11.0. The molecular formula is C19H46N2O9S3. The predicted octanol–water partition coefficient (Wildman–Crippen LogP) is 1.36. The highest BCUT2D eigenvalue weighted by Gasteiger charge is 2.21. The Morgan fingerprint density at radius 1 is 0.848 bits per heavy atom. The van der Waals surface area contributed by atoms with Crippen LogP contribution >= 0.6 is 0 Å². The van der Waals surface area contributed by atoms with Gasteiger partial charge in [-0.2, -0.15) is 8.42 Å². The smallest absolute Gasteiger partial charge is 0.267 e. The average molecular weight is 543 g/mol. The van der Waals surface area contributed by atoms with Crippen LogP contribution in [0.1, 0.15) is 55.4 Å². The highest BCUT2D eigenvalue weighted by atomic mass is 32.2. The zero-order valence-corrected chi connectivity index (χ0v) is 23.6. The number of rotatable bonds is 13. The molecule has 0 saturated carbocycles. The molecule has 0 heterocycles. The van der Waals surface area contributed by atoms with Crippen LogP contribution in [0.3, 0.4) is 0 Å². The van der Waals surface area contributed by atoms with E-state index >= 15 is 0 Å². The highest BCUT2D eigenvalue weighted by Crippen LogP contribution is 2.06. The zero-order chi connectivity index (χ0) is 27.1. The Balaban J connectivity index is -0.000000411. The van der Waals surface area contributed by atoms with Crippen molar-refractivity contribution >= 4 is 41.7 Å². The molecule has 0 bridgehead atoms. The summed E-state index contributed by atoms with van der Waals surface area (Å²) in [6, 6.07) is 0.307. The average Bonchev–Trinajstić information content (AvgIpc) is 2.46. The number of nitrogens with one attached hydrogen (secondary N) is 2. The molecule has 0 aromatic rings. The van der Waals surface area contributed by atoms with E-state index in [0.717, 1.165) is 0 Å². The SMILES string of the molecule is C=S(=O)(O)CC(C)(C)NC(C)C.C=S(=O)(O)NCCOC(C)C.CC(C)OCCS(=O)(=O)O. The second-order valence-corrected chi connectivity index (χ2v) is 13.7. The van der Waals surface area contributed by atoms with Crippen molar-refractivity contribution in [1.29, 1.82) is 0 Å². The molecule has 14 heteroatoms. The van der Waals surface area contributed by atoms with E-state index in [4.69, 9.17) is 23.1 Å². The van der Waals surface area contributed by atoms with Gasteiger partial charge in [0, 0.05) is 18.1 Å². The molecule has 204 valence electrons. The van der Waals surface area contributed by atoms with E-state index in [2.05, 4.69) is 21.8 Å². The maximum absolute atomic E-state index is 11.0. The third-order valence-corrected chi connectivity index (χ3v) is 5.45. The molecule has 0 aromatic carbocycles. The minimum absolute atomic E-state index is 0.00162. The van der Waals surface area contributed by atoms with Crippen LogP contribution in [0.2, 0.25) is 0 Å². The lowest BCUT2D eigenvalue weighted by atomic mass is 10.1. The van der Waals surface area contributed by atoms with Crippen LogP contribution in [0.25, 0.3) is 0 Å². The fourth-order valence-electron chi connectivity index (χ4n) is 2.27. The molecule has 0 aliphatic heterocycles. The van der Waals surface area contributed by atoms with E-state index in [1.807, 2.05) is 41.5 Å². The van der Waals surface area contributed by atoms with Gasteiger partial charge in [0.05, 0.1) is 46.7 Å². The molecule has 0 aromatic heterocycles. The van der Waals surface area contributed by atoms with Crippen molar-refractivity contribution in [2.75, 3.05) is 31.3 Å². The molecule has 0 aliphatic rings. The first-order valence-electron chi connectivity index (χ1n) is 10.3. The molecule has 11 nitrogen and oxygen atoms in total. The summed E-state index contributed by atoms with van der Waals surface area (Å²) in [7, 11) is -9.79. The minimum Gasteiger partial charge on any atom is -0.378 e. The molecule has 2 atom stereocenters. The van der Waals surface area contributed by atoms with Crippen LogP contribution < -0.4 is 10.0 Å². The van der Waals surface area contributed by atoms with Gasteiger partial charge in [0.15, 0.2) is 0 Å². The summed E-state index contributed by atoms with van der Waals surface area (Å²) in [4.78, 5) is 0. The van der Waals surface area contributed by atoms with Crippen LogP contribution in [0.15, 0.2) is 0 Å². The van der Waals surface area contributed by atoms with E-state index in [9.17, 15) is 16.8 Å². The quantitative estimate of drug-likeness (QED) is 0.130. The minimum atomic E-state index is -3.84. The van der Waals surface area contributed by atoms with Gasteiger partial charge < -0.3 is 23.9 Å². The van der Waals surface area contributed by atoms with Crippen molar-refractivity contribution < 1.29 is 40.0 Å². The Kier molecular flexibility index (Phi) is 19.4. The Morgan fingerprint density at radius 3 is 1.58 bits per heavy atom. The van der Waals surface area contributed by atoms with E-state index in [1.165, 1.54) is 0 Å². The molecule has 33 heavy (non-hydrogen) atoms. The van der Waals surface area contributed by atoms with Crippen LogP contribution in [-0.4, -0.2) is 97.3 Å². The summed E-state index contributed by atoms with van der Waals surface area (Å²) >= 11 is 0. The molecular weight excluding hydrogens is 496 g/mol. The van der Waals surface area contributed by atoms with Crippen LogP contribution in [0, 0.1) is 0 Å². The first-order chi connectivity index (χ1) is 14.5. The van der Waals surface area contributed by atoms with Crippen LogP contribution in [0.5, 0.6) is 0 Å². The Bertz CT molecular complexity index is 805. The van der Waals surface area contributed by atoms with E-state index in [1.54, 1.807) is 13.8 Å². The molecule has 0 amide bonds. The molecule has 2 unspecified atom stereocenters. The summed E-state index contributed by atoms with van der Waals surface area (Å²) in [6.07, 6.45) is 0.151. The van der Waals surface area contributed by atoms with Gasteiger partial charge >= 0.3 is 0 Å². The van der Waals surface area contributed by atoms with Crippen molar-refractivity contribution in [3.8, 4) is 0 Å². The van der Waals surface area contributed by atoms with Crippen molar-refractivity contribution in [3.63, 3.8) is 0 Å². The summed E-state index contributed by atoms with van der Waals surface area (Å²) in [5, 5.41) is 3.20. The van der Waals surface area contributed by atoms with Gasteiger partial charge in [-0.05, 0) is 53.3 Å². The molecule has 0 spiro atoms. The van der Waals surface area contributed by atoms with Gasteiger partial charge in [-0.3, -0.25) is 4.55 Å². The lowest BCUT2D eigenvalue weighted by Crippen LogP contribution is -2.48. The van der Waals surface area contributed by atoms with Crippen LogP contribution in [-0.2, 0) is 39.4 Å². The number of hydrogen-bond donors (Lipinski definition) is 5. The summed E-state index contributed by atoms with van der Waals surface area (Å²) < 4.78 is 79.9. The third kappa shape index (κ3) is 42.3. The monoisotopic (exact) mass is 542 g/mol. The van der Waals surface area contributed by atoms with Gasteiger partial charge in [-0.25, -0.2) is 13.1 Å². The lowest BCUT2D eigenvalue weighted by Gasteiger charge is -2.28. The van der Waals surface area contributed by atoms with Crippen molar-refractivity contribution in [3.05, 3.63) is 0 Å². The van der Waals surface area contributed by atoms with Gasteiger partial charge in [0.25, 0.3) is 10.1 Å². The number of hydrogen-bond acceptors (Lipinski definition) is 7. The largest absolute Gasteiger partial charge is 0.378 e. The predicted molar refractivity (Wildman–Crippen MR) is 140 cm³/mol.